The van der Waals surface area contributed by atoms with E-state index in [1.54, 1.807) is 0 Å². The Morgan fingerprint density at radius 1 is 1.00 bits per heavy atom. The largest absolute Gasteiger partial charge is 0.381 e. The molecule has 0 bridgehead atoms. The van der Waals surface area contributed by atoms with Gasteiger partial charge in [0.2, 0.25) is 0 Å². The molecule has 0 N–H and O–H groups in total. The van der Waals surface area contributed by atoms with Crippen molar-refractivity contribution in [2.45, 2.75) is 88.1 Å². The lowest BCUT2D eigenvalue weighted by Gasteiger charge is -2.22. The number of aryl methyl sites for hydroxylation is 1. The predicted molar refractivity (Wildman–Crippen MR) is 98.7 cm³/mol. The van der Waals surface area contributed by atoms with Crippen LogP contribution < -0.4 is 0 Å². The SMILES string of the molecule is CC.CC.CC.CCc1nn(CC2CCOCC2)c(C)c1C. The molecule has 0 aliphatic carbocycles. The van der Waals surface area contributed by atoms with Gasteiger partial charge in [0.05, 0.1) is 5.69 Å². The van der Waals surface area contributed by atoms with Crippen molar-refractivity contribution >= 4 is 0 Å². The highest BCUT2D eigenvalue weighted by Gasteiger charge is 2.17. The van der Waals surface area contributed by atoms with Gasteiger partial charge in [-0.05, 0) is 44.6 Å². The molecule has 0 unspecified atom stereocenters. The molecule has 1 aromatic rings. The molecule has 3 nitrogen and oxygen atoms in total. The number of hydrogen-bond donors (Lipinski definition) is 0. The molecule has 2 heterocycles. The van der Waals surface area contributed by atoms with Gasteiger partial charge in [-0.2, -0.15) is 5.10 Å². The van der Waals surface area contributed by atoms with Crippen molar-refractivity contribution < 1.29 is 4.74 Å². The molecule has 3 heteroatoms. The minimum Gasteiger partial charge on any atom is -0.381 e. The molecule has 1 aliphatic rings. The van der Waals surface area contributed by atoms with Gasteiger partial charge >= 0.3 is 0 Å². The van der Waals surface area contributed by atoms with Crippen LogP contribution in [0.25, 0.3) is 0 Å². The second kappa shape index (κ2) is 15.1. The molecule has 2 rings (SSSR count). The van der Waals surface area contributed by atoms with Crippen LogP contribution in [-0.2, 0) is 17.7 Å². The zero-order chi connectivity index (χ0) is 17.5. The van der Waals surface area contributed by atoms with E-state index in [1.807, 2.05) is 41.5 Å². The zero-order valence-electron chi connectivity index (χ0n) is 16.6. The van der Waals surface area contributed by atoms with Gasteiger partial charge in [0, 0.05) is 25.5 Å². The van der Waals surface area contributed by atoms with Crippen LogP contribution in [0.3, 0.4) is 0 Å². The Morgan fingerprint density at radius 2 is 1.50 bits per heavy atom. The van der Waals surface area contributed by atoms with E-state index >= 15 is 0 Å². The number of aromatic nitrogens is 2. The van der Waals surface area contributed by atoms with Gasteiger partial charge in [-0.25, -0.2) is 0 Å². The molecule has 0 spiro atoms. The maximum absolute atomic E-state index is 5.39. The van der Waals surface area contributed by atoms with Gasteiger partial charge in [-0.3, -0.25) is 4.68 Å². The topological polar surface area (TPSA) is 27.1 Å². The zero-order valence-corrected chi connectivity index (χ0v) is 16.6. The molecule has 0 radical (unpaired) electrons. The van der Waals surface area contributed by atoms with E-state index in [-0.39, 0.29) is 0 Å². The van der Waals surface area contributed by atoms with Crippen LogP contribution in [0.15, 0.2) is 0 Å². The van der Waals surface area contributed by atoms with Crippen molar-refractivity contribution in [1.29, 1.82) is 0 Å². The van der Waals surface area contributed by atoms with E-state index in [4.69, 9.17) is 9.84 Å². The molecular formula is C19H40N2O. The molecule has 1 aromatic heterocycles. The highest BCUT2D eigenvalue weighted by Crippen LogP contribution is 2.20. The maximum atomic E-state index is 5.39. The van der Waals surface area contributed by atoms with Crippen LogP contribution in [-0.4, -0.2) is 23.0 Å². The summed E-state index contributed by atoms with van der Waals surface area (Å²) in [4.78, 5) is 0. The number of rotatable bonds is 3. The molecule has 0 amide bonds. The van der Waals surface area contributed by atoms with Gasteiger partial charge in [-0.1, -0.05) is 48.5 Å². The summed E-state index contributed by atoms with van der Waals surface area (Å²) in [6, 6.07) is 0. The Kier molecular flexibility index (Phi) is 16.1. The standard InChI is InChI=1S/C13H22N2O.3C2H6/c1-4-13-10(2)11(3)15(14-13)9-12-5-7-16-8-6-12;3*1-2/h12H,4-9H2,1-3H3;3*1-2H3. The Balaban J connectivity index is 0. The molecule has 22 heavy (non-hydrogen) atoms. The van der Waals surface area contributed by atoms with E-state index in [0.717, 1.165) is 32.1 Å². The second-order valence-corrected chi connectivity index (χ2v) is 4.75. The fraction of sp³-hybridized carbons (Fsp3) is 0.842. The third-order valence-electron chi connectivity index (χ3n) is 3.71. The maximum Gasteiger partial charge on any atom is 0.0653 e. The quantitative estimate of drug-likeness (QED) is 0.729. The predicted octanol–water partition coefficient (Wildman–Crippen LogP) is 5.57. The second-order valence-electron chi connectivity index (χ2n) is 4.75. The van der Waals surface area contributed by atoms with Gasteiger partial charge in [-0.15, -0.1) is 0 Å². The molecule has 1 aliphatic heterocycles. The van der Waals surface area contributed by atoms with Crippen LogP contribution in [0.1, 0.15) is 78.3 Å². The van der Waals surface area contributed by atoms with Gasteiger partial charge in [0.25, 0.3) is 0 Å². The summed E-state index contributed by atoms with van der Waals surface area (Å²) in [5.74, 6) is 0.747. The molecule has 0 saturated carbocycles. The summed E-state index contributed by atoms with van der Waals surface area (Å²) in [6.45, 7) is 21.4. The van der Waals surface area contributed by atoms with Crippen molar-refractivity contribution in [2.75, 3.05) is 13.2 Å². The summed E-state index contributed by atoms with van der Waals surface area (Å²) in [5.41, 5.74) is 3.96. The normalized spacial score (nSPS) is 13.9. The van der Waals surface area contributed by atoms with Crippen molar-refractivity contribution in [3.63, 3.8) is 0 Å². The van der Waals surface area contributed by atoms with Gasteiger partial charge < -0.3 is 4.74 Å². The molecule has 0 atom stereocenters. The molecule has 132 valence electrons. The highest BCUT2D eigenvalue weighted by molar-refractivity contribution is 5.23. The van der Waals surface area contributed by atoms with Gasteiger partial charge in [0.15, 0.2) is 0 Å². The minimum atomic E-state index is 0.747. The Morgan fingerprint density at radius 3 is 1.91 bits per heavy atom. The van der Waals surface area contributed by atoms with Crippen LogP contribution in [0.2, 0.25) is 0 Å². The summed E-state index contributed by atoms with van der Waals surface area (Å²) in [7, 11) is 0. The first-order valence-electron chi connectivity index (χ1n) is 9.33. The molecule has 0 aromatic carbocycles. The van der Waals surface area contributed by atoms with Crippen molar-refractivity contribution in [2.24, 2.45) is 5.92 Å². The van der Waals surface area contributed by atoms with E-state index in [9.17, 15) is 0 Å². The fourth-order valence-corrected chi connectivity index (χ4v) is 2.39. The van der Waals surface area contributed by atoms with E-state index in [1.165, 1.54) is 29.8 Å². The fourth-order valence-electron chi connectivity index (χ4n) is 2.39. The summed E-state index contributed by atoms with van der Waals surface area (Å²) < 4.78 is 7.59. The number of nitrogens with zero attached hydrogens (tertiary/aromatic N) is 2. The number of hydrogen-bond acceptors (Lipinski definition) is 2. The van der Waals surface area contributed by atoms with E-state index in [2.05, 4.69) is 25.5 Å². The van der Waals surface area contributed by atoms with Crippen molar-refractivity contribution in [1.82, 2.24) is 9.78 Å². The van der Waals surface area contributed by atoms with Crippen LogP contribution in [0, 0.1) is 19.8 Å². The third-order valence-corrected chi connectivity index (χ3v) is 3.71. The molecular weight excluding hydrogens is 272 g/mol. The summed E-state index contributed by atoms with van der Waals surface area (Å²) in [5, 5.41) is 4.70. The Hall–Kier alpha value is -0.830. The minimum absolute atomic E-state index is 0.747. The molecule has 1 saturated heterocycles. The first-order valence-corrected chi connectivity index (χ1v) is 9.33. The Labute approximate surface area is 139 Å². The van der Waals surface area contributed by atoms with Crippen molar-refractivity contribution in [3.8, 4) is 0 Å². The first kappa shape index (κ1) is 23.4. The first-order chi connectivity index (χ1) is 10.7. The van der Waals surface area contributed by atoms with Crippen LogP contribution in [0.5, 0.6) is 0 Å². The van der Waals surface area contributed by atoms with Gasteiger partial charge in [0.1, 0.15) is 0 Å². The summed E-state index contributed by atoms with van der Waals surface area (Å²) in [6.07, 6.45) is 3.40. The van der Waals surface area contributed by atoms with E-state index < -0.39 is 0 Å². The smallest absolute Gasteiger partial charge is 0.0653 e. The van der Waals surface area contributed by atoms with E-state index in [0.29, 0.717) is 0 Å². The lowest BCUT2D eigenvalue weighted by molar-refractivity contribution is 0.0599. The average molecular weight is 313 g/mol. The highest BCUT2D eigenvalue weighted by atomic mass is 16.5. The van der Waals surface area contributed by atoms with Crippen LogP contribution >= 0.6 is 0 Å². The van der Waals surface area contributed by atoms with Crippen LogP contribution in [0.4, 0.5) is 0 Å². The Bertz CT molecular complexity index is 353. The summed E-state index contributed by atoms with van der Waals surface area (Å²) >= 11 is 0. The monoisotopic (exact) mass is 312 g/mol. The molecule has 1 fully saturated rings. The van der Waals surface area contributed by atoms with Crippen molar-refractivity contribution in [3.05, 3.63) is 17.0 Å². The third kappa shape index (κ3) is 7.44. The lowest BCUT2D eigenvalue weighted by Crippen LogP contribution is -2.21. The lowest BCUT2D eigenvalue weighted by atomic mass is 10.0. The average Bonchev–Trinajstić information content (AvgIpc) is 2.89. The number of ether oxygens (including phenoxy) is 1.